The molecule has 0 aromatic heterocycles. The molecule has 1 aromatic rings. The van der Waals surface area contributed by atoms with Gasteiger partial charge < -0.3 is 0 Å². The van der Waals surface area contributed by atoms with E-state index in [-0.39, 0.29) is 5.82 Å². The maximum absolute atomic E-state index is 13.3. The Morgan fingerprint density at radius 1 is 1.57 bits per heavy atom. The Kier molecular flexibility index (Phi) is 4.01. The Morgan fingerprint density at radius 2 is 2.29 bits per heavy atom. The SMILES string of the molecule is CC/C(C=O)=C/c1ccc(Br)cc1F. The van der Waals surface area contributed by atoms with Crippen molar-refractivity contribution in [2.24, 2.45) is 0 Å². The molecule has 1 aromatic carbocycles. The largest absolute Gasteiger partial charge is 0.298 e. The van der Waals surface area contributed by atoms with Gasteiger partial charge in [-0.2, -0.15) is 0 Å². The van der Waals surface area contributed by atoms with Gasteiger partial charge in [0.25, 0.3) is 0 Å². The van der Waals surface area contributed by atoms with Crippen LogP contribution in [0, 0.1) is 5.82 Å². The molecule has 0 aliphatic rings. The van der Waals surface area contributed by atoms with Crippen molar-refractivity contribution in [3.8, 4) is 0 Å². The van der Waals surface area contributed by atoms with Crippen molar-refractivity contribution in [3.05, 3.63) is 39.6 Å². The van der Waals surface area contributed by atoms with Crippen LogP contribution in [0.3, 0.4) is 0 Å². The lowest BCUT2D eigenvalue weighted by atomic mass is 10.1. The number of benzene rings is 1. The first-order valence-corrected chi connectivity index (χ1v) is 5.07. The summed E-state index contributed by atoms with van der Waals surface area (Å²) in [6, 6.07) is 4.76. The summed E-state index contributed by atoms with van der Waals surface area (Å²) in [5, 5.41) is 0. The van der Waals surface area contributed by atoms with Crippen LogP contribution in [0.25, 0.3) is 6.08 Å². The molecule has 0 bridgehead atoms. The molecule has 1 rings (SSSR count). The fraction of sp³-hybridized carbons (Fsp3) is 0.182. The summed E-state index contributed by atoms with van der Waals surface area (Å²) >= 11 is 3.17. The predicted molar refractivity (Wildman–Crippen MR) is 58.4 cm³/mol. The molecule has 0 aliphatic carbocycles. The van der Waals surface area contributed by atoms with Gasteiger partial charge in [-0.1, -0.05) is 28.9 Å². The normalized spacial score (nSPS) is 11.5. The molecule has 3 heteroatoms. The monoisotopic (exact) mass is 256 g/mol. The van der Waals surface area contributed by atoms with E-state index < -0.39 is 0 Å². The Morgan fingerprint density at radius 3 is 2.79 bits per heavy atom. The lowest BCUT2D eigenvalue weighted by molar-refractivity contribution is -0.104. The molecule has 0 heterocycles. The maximum atomic E-state index is 13.3. The highest BCUT2D eigenvalue weighted by Crippen LogP contribution is 2.17. The summed E-state index contributed by atoms with van der Waals surface area (Å²) in [4.78, 5) is 10.5. The van der Waals surface area contributed by atoms with Crippen LogP contribution in [0.2, 0.25) is 0 Å². The molecule has 0 radical (unpaired) electrons. The summed E-state index contributed by atoms with van der Waals surface area (Å²) < 4.78 is 14.0. The van der Waals surface area contributed by atoms with Gasteiger partial charge in [0.2, 0.25) is 0 Å². The minimum absolute atomic E-state index is 0.327. The Bertz CT molecular complexity index is 372. The Balaban J connectivity index is 3.08. The fourth-order valence-corrected chi connectivity index (χ4v) is 1.37. The molecule has 1 nitrogen and oxygen atoms in total. The second kappa shape index (κ2) is 5.05. The molecule has 0 amide bonds. The third-order valence-corrected chi connectivity index (χ3v) is 2.36. The highest BCUT2D eigenvalue weighted by molar-refractivity contribution is 9.10. The van der Waals surface area contributed by atoms with Crippen molar-refractivity contribution in [3.63, 3.8) is 0 Å². The summed E-state index contributed by atoms with van der Waals surface area (Å²) in [5.74, 6) is -0.327. The number of carbonyl (C=O) groups is 1. The predicted octanol–water partition coefficient (Wildman–Crippen LogP) is 3.58. The zero-order valence-corrected chi connectivity index (χ0v) is 9.34. The van der Waals surface area contributed by atoms with Crippen molar-refractivity contribution >= 4 is 28.3 Å². The zero-order valence-electron chi connectivity index (χ0n) is 7.76. The van der Waals surface area contributed by atoms with Crippen molar-refractivity contribution in [1.29, 1.82) is 0 Å². The van der Waals surface area contributed by atoms with Crippen LogP contribution in [0.15, 0.2) is 28.2 Å². The first kappa shape index (κ1) is 11.1. The van der Waals surface area contributed by atoms with E-state index in [1.807, 2.05) is 6.92 Å². The molecular weight excluding hydrogens is 247 g/mol. The molecule has 0 spiro atoms. The number of allylic oxidation sites excluding steroid dienone is 1. The third-order valence-electron chi connectivity index (χ3n) is 1.86. The van der Waals surface area contributed by atoms with Crippen molar-refractivity contribution in [1.82, 2.24) is 0 Å². The highest BCUT2D eigenvalue weighted by atomic mass is 79.9. The Hall–Kier alpha value is -0.960. The topological polar surface area (TPSA) is 17.1 Å². The number of halogens is 2. The number of aldehydes is 1. The molecule has 74 valence electrons. The molecule has 14 heavy (non-hydrogen) atoms. The van der Waals surface area contributed by atoms with E-state index in [1.54, 1.807) is 18.2 Å². The average molecular weight is 257 g/mol. The van der Waals surface area contributed by atoms with Gasteiger partial charge in [-0.05, 0) is 30.2 Å². The standard InChI is InChI=1S/C11H10BrFO/c1-2-8(7-14)5-9-3-4-10(12)6-11(9)13/h3-7H,2H2,1H3/b8-5-. The minimum Gasteiger partial charge on any atom is -0.298 e. The van der Waals surface area contributed by atoms with E-state index in [9.17, 15) is 9.18 Å². The first-order chi connectivity index (χ1) is 6.67. The van der Waals surface area contributed by atoms with Gasteiger partial charge in [-0.25, -0.2) is 4.39 Å². The smallest absolute Gasteiger partial charge is 0.146 e. The quantitative estimate of drug-likeness (QED) is 0.597. The van der Waals surface area contributed by atoms with Crippen LogP contribution in [-0.4, -0.2) is 6.29 Å². The van der Waals surface area contributed by atoms with Crippen LogP contribution in [0.5, 0.6) is 0 Å². The summed E-state index contributed by atoms with van der Waals surface area (Å²) in [7, 11) is 0. The summed E-state index contributed by atoms with van der Waals surface area (Å²) in [6.45, 7) is 1.86. The molecule has 0 aliphatic heterocycles. The minimum atomic E-state index is -0.327. The van der Waals surface area contributed by atoms with Crippen LogP contribution >= 0.6 is 15.9 Å². The van der Waals surface area contributed by atoms with Crippen LogP contribution in [0.1, 0.15) is 18.9 Å². The fourth-order valence-electron chi connectivity index (χ4n) is 1.04. The molecule has 0 unspecified atom stereocenters. The van der Waals surface area contributed by atoms with E-state index in [4.69, 9.17) is 0 Å². The zero-order chi connectivity index (χ0) is 10.6. The van der Waals surface area contributed by atoms with Crippen molar-refractivity contribution in [2.45, 2.75) is 13.3 Å². The van der Waals surface area contributed by atoms with Crippen LogP contribution < -0.4 is 0 Å². The van der Waals surface area contributed by atoms with Crippen LogP contribution in [0.4, 0.5) is 4.39 Å². The molecule has 0 saturated heterocycles. The maximum Gasteiger partial charge on any atom is 0.146 e. The van der Waals surface area contributed by atoms with Gasteiger partial charge in [0.05, 0.1) is 0 Å². The van der Waals surface area contributed by atoms with Gasteiger partial charge in [0.15, 0.2) is 0 Å². The third kappa shape index (κ3) is 2.77. The lowest BCUT2D eigenvalue weighted by Crippen LogP contribution is -1.86. The van der Waals surface area contributed by atoms with Gasteiger partial charge in [0.1, 0.15) is 12.1 Å². The summed E-state index contributed by atoms with van der Waals surface area (Å²) in [6.07, 6.45) is 2.93. The lowest BCUT2D eigenvalue weighted by Gasteiger charge is -1.99. The van der Waals surface area contributed by atoms with Crippen LogP contribution in [-0.2, 0) is 4.79 Å². The first-order valence-electron chi connectivity index (χ1n) is 4.28. The van der Waals surface area contributed by atoms with E-state index in [0.717, 1.165) is 6.29 Å². The van der Waals surface area contributed by atoms with E-state index in [0.29, 0.717) is 22.0 Å². The highest BCUT2D eigenvalue weighted by Gasteiger charge is 2.00. The molecule has 0 fully saturated rings. The number of rotatable bonds is 3. The number of carbonyl (C=O) groups excluding carboxylic acids is 1. The molecular formula is C11H10BrFO. The van der Waals surface area contributed by atoms with E-state index in [2.05, 4.69) is 15.9 Å². The van der Waals surface area contributed by atoms with E-state index in [1.165, 1.54) is 6.07 Å². The molecule has 0 N–H and O–H groups in total. The second-order valence-electron chi connectivity index (χ2n) is 2.86. The van der Waals surface area contributed by atoms with Gasteiger partial charge in [-0.3, -0.25) is 4.79 Å². The van der Waals surface area contributed by atoms with E-state index >= 15 is 0 Å². The summed E-state index contributed by atoms with van der Waals surface area (Å²) in [5.41, 5.74) is 1.03. The Labute approximate surface area is 90.8 Å². The van der Waals surface area contributed by atoms with Crippen molar-refractivity contribution < 1.29 is 9.18 Å². The van der Waals surface area contributed by atoms with Gasteiger partial charge >= 0.3 is 0 Å². The van der Waals surface area contributed by atoms with Crippen molar-refractivity contribution in [2.75, 3.05) is 0 Å². The van der Waals surface area contributed by atoms with Gasteiger partial charge in [-0.15, -0.1) is 0 Å². The molecule has 0 atom stereocenters. The molecule has 0 saturated carbocycles. The number of hydrogen-bond acceptors (Lipinski definition) is 1. The average Bonchev–Trinajstić information content (AvgIpc) is 2.17. The number of hydrogen-bond donors (Lipinski definition) is 0. The van der Waals surface area contributed by atoms with Gasteiger partial charge in [0, 0.05) is 10.0 Å². The second-order valence-corrected chi connectivity index (χ2v) is 3.77.